The van der Waals surface area contributed by atoms with Gasteiger partial charge in [0.25, 0.3) is 5.56 Å². The molecule has 0 bridgehead atoms. The Morgan fingerprint density at radius 3 is 1.91 bits per heavy atom. The highest BCUT2D eigenvalue weighted by molar-refractivity contribution is 6.33. The highest BCUT2D eigenvalue weighted by Gasteiger charge is 2.16. The minimum Gasteiger partial charge on any atom is -0.357 e. The second kappa shape index (κ2) is 7.11. The second-order valence-electron chi connectivity index (χ2n) is 5.22. The summed E-state index contributed by atoms with van der Waals surface area (Å²) >= 11 is 6.23. The molecule has 3 aromatic rings. The number of nitrogens with one attached hydrogen (secondary N) is 1. The zero-order valence-corrected chi connectivity index (χ0v) is 13.2. The van der Waals surface area contributed by atoms with Gasteiger partial charge in [-0.15, -0.1) is 0 Å². The maximum absolute atomic E-state index is 12.2. The third-order valence-corrected chi connectivity index (χ3v) is 3.81. The van der Waals surface area contributed by atoms with Gasteiger partial charge < -0.3 is 4.90 Å². The molecule has 1 aromatic heterocycles. The smallest absolute Gasteiger partial charge is 0.289 e. The van der Waals surface area contributed by atoms with Crippen LogP contribution < -0.4 is 10.5 Å². The Labute approximate surface area is 139 Å². The fourth-order valence-electron chi connectivity index (χ4n) is 2.49. The summed E-state index contributed by atoms with van der Waals surface area (Å²) in [6.07, 6.45) is 1.46. The van der Waals surface area contributed by atoms with Crippen molar-refractivity contribution in [1.82, 2.24) is 10.2 Å². The van der Waals surface area contributed by atoms with Crippen LogP contribution in [0.5, 0.6) is 0 Å². The number of anilines is 1. The first-order chi connectivity index (χ1) is 11.2. The van der Waals surface area contributed by atoms with Crippen LogP contribution in [0, 0.1) is 0 Å². The molecule has 1 heterocycles. The van der Waals surface area contributed by atoms with Crippen molar-refractivity contribution in [3.8, 4) is 0 Å². The summed E-state index contributed by atoms with van der Waals surface area (Å²) in [6, 6.07) is 20.0. The number of rotatable bonds is 5. The molecule has 23 heavy (non-hydrogen) atoms. The summed E-state index contributed by atoms with van der Waals surface area (Å²) in [5, 5.41) is 6.55. The molecule has 0 aliphatic heterocycles. The van der Waals surface area contributed by atoms with Crippen LogP contribution in [0.3, 0.4) is 0 Å². The number of halogens is 1. The first-order valence-corrected chi connectivity index (χ1v) is 7.68. The predicted molar refractivity (Wildman–Crippen MR) is 92.6 cm³/mol. The van der Waals surface area contributed by atoms with E-state index in [0.717, 1.165) is 11.1 Å². The molecule has 1 N–H and O–H groups in total. The zero-order chi connectivity index (χ0) is 16.1. The van der Waals surface area contributed by atoms with Gasteiger partial charge >= 0.3 is 0 Å². The van der Waals surface area contributed by atoms with E-state index >= 15 is 0 Å². The molecule has 0 radical (unpaired) electrons. The van der Waals surface area contributed by atoms with E-state index in [1.807, 2.05) is 65.6 Å². The number of aromatic nitrogens is 2. The van der Waals surface area contributed by atoms with Crippen molar-refractivity contribution in [1.29, 1.82) is 0 Å². The third-order valence-electron chi connectivity index (χ3n) is 3.53. The van der Waals surface area contributed by atoms with Crippen LogP contribution in [0.4, 0.5) is 5.69 Å². The Hall–Kier alpha value is -2.59. The number of hydrogen-bond acceptors (Lipinski definition) is 3. The number of H-pyrrole nitrogens is 1. The Kier molecular flexibility index (Phi) is 4.74. The summed E-state index contributed by atoms with van der Waals surface area (Å²) in [7, 11) is 0. The fraction of sp³-hybridized carbons (Fsp3) is 0.111. The van der Waals surface area contributed by atoms with E-state index in [1.165, 1.54) is 6.20 Å². The minimum absolute atomic E-state index is 0.288. The Bertz CT molecular complexity index is 777. The van der Waals surface area contributed by atoms with Gasteiger partial charge in [-0.05, 0) is 11.1 Å². The standard InChI is InChI=1S/C18H16ClN3O/c19-16-11-20-21-18(23)17(16)22(12-14-7-3-1-4-8-14)13-15-9-5-2-6-10-15/h1-11H,12-13H2,(H,21,23). The molecule has 2 aromatic carbocycles. The van der Waals surface area contributed by atoms with Gasteiger partial charge in [0, 0.05) is 13.1 Å². The van der Waals surface area contributed by atoms with Crippen molar-refractivity contribution in [2.75, 3.05) is 4.90 Å². The van der Waals surface area contributed by atoms with E-state index in [9.17, 15) is 4.79 Å². The normalized spacial score (nSPS) is 10.5. The van der Waals surface area contributed by atoms with Crippen LogP contribution in [0.2, 0.25) is 5.02 Å². The van der Waals surface area contributed by atoms with Gasteiger partial charge in [-0.2, -0.15) is 5.10 Å². The predicted octanol–water partition coefficient (Wildman–Crippen LogP) is 3.63. The zero-order valence-electron chi connectivity index (χ0n) is 12.4. The first kappa shape index (κ1) is 15.3. The molecule has 0 fully saturated rings. The van der Waals surface area contributed by atoms with Crippen LogP contribution in [-0.2, 0) is 13.1 Å². The lowest BCUT2D eigenvalue weighted by molar-refractivity contribution is 0.785. The van der Waals surface area contributed by atoms with Gasteiger partial charge in [0.2, 0.25) is 0 Å². The van der Waals surface area contributed by atoms with E-state index < -0.39 is 0 Å². The maximum atomic E-state index is 12.2. The van der Waals surface area contributed by atoms with E-state index in [-0.39, 0.29) is 5.56 Å². The highest BCUT2D eigenvalue weighted by Crippen LogP contribution is 2.23. The molecule has 3 rings (SSSR count). The first-order valence-electron chi connectivity index (χ1n) is 7.30. The fourth-order valence-corrected chi connectivity index (χ4v) is 2.74. The molecule has 0 amide bonds. The summed E-state index contributed by atoms with van der Waals surface area (Å²) in [6.45, 7) is 1.17. The molecule has 0 aliphatic carbocycles. The van der Waals surface area contributed by atoms with E-state index in [2.05, 4.69) is 10.2 Å². The van der Waals surface area contributed by atoms with E-state index in [0.29, 0.717) is 23.8 Å². The van der Waals surface area contributed by atoms with Crippen LogP contribution in [0.25, 0.3) is 0 Å². The van der Waals surface area contributed by atoms with Crippen molar-refractivity contribution >= 4 is 17.3 Å². The Morgan fingerprint density at radius 2 is 1.43 bits per heavy atom. The van der Waals surface area contributed by atoms with Crippen molar-refractivity contribution in [3.05, 3.63) is 93.4 Å². The molecular formula is C18H16ClN3O. The summed E-state index contributed by atoms with van der Waals surface area (Å²) in [5.74, 6) is 0. The van der Waals surface area contributed by atoms with Gasteiger partial charge in [0.15, 0.2) is 0 Å². The van der Waals surface area contributed by atoms with Gasteiger partial charge in [-0.1, -0.05) is 72.3 Å². The second-order valence-corrected chi connectivity index (χ2v) is 5.63. The third kappa shape index (κ3) is 3.79. The van der Waals surface area contributed by atoms with Gasteiger partial charge in [-0.25, -0.2) is 5.10 Å². The monoisotopic (exact) mass is 325 g/mol. The lowest BCUT2D eigenvalue weighted by Gasteiger charge is -2.25. The molecule has 4 nitrogen and oxygen atoms in total. The molecular weight excluding hydrogens is 310 g/mol. The SMILES string of the molecule is O=c1[nH]ncc(Cl)c1N(Cc1ccccc1)Cc1ccccc1. The highest BCUT2D eigenvalue weighted by atomic mass is 35.5. The lowest BCUT2D eigenvalue weighted by Crippen LogP contribution is -2.29. The molecule has 5 heteroatoms. The Morgan fingerprint density at radius 1 is 0.913 bits per heavy atom. The summed E-state index contributed by atoms with van der Waals surface area (Å²) < 4.78 is 0. The van der Waals surface area contributed by atoms with Crippen LogP contribution in [-0.4, -0.2) is 10.2 Å². The minimum atomic E-state index is -0.288. The molecule has 0 atom stereocenters. The molecule has 0 saturated carbocycles. The Balaban J connectivity index is 1.98. The number of benzene rings is 2. The van der Waals surface area contributed by atoms with Crippen molar-refractivity contribution in [3.63, 3.8) is 0 Å². The average molecular weight is 326 g/mol. The molecule has 0 saturated heterocycles. The van der Waals surface area contributed by atoms with Gasteiger partial charge in [0.05, 0.1) is 11.2 Å². The van der Waals surface area contributed by atoms with Crippen LogP contribution in [0.1, 0.15) is 11.1 Å². The van der Waals surface area contributed by atoms with Crippen LogP contribution >= 0.6 is 11.6 Å². The van der Waals surface area contributed by atoms with E-state index in [4.69, 9.17) is 11.6 Å². The quantitative estimate of drug-likeness (QED) is 0.779. The number of hydrogen-bond donors (Lipinski definition) is 1. The average Bonchev–Trinajstić information content (AvgIpc) is 2.56. The largest absolute Gasteiger partial charge is 0.357 e. The van der Waals surface area contributed by atoms with Gasteiger partial charge in [-0.3, -0.25) is 4.79 Å². The molecule has 0 spiro atoms. The van der Waals surface area contributed by atoms with Crippen molar-refractivity contribution in [2.24, 2.45) is 0 Å². The topological polar surface area (TPSA) is 49.0 Å². The number of nitrogens with zero attached hydrogens (tertiary/aromatic N) is 2. The molecule has 0 unspecified atom stereocenters. The summed E-state index contributed by atoms with van der Waals surface area (Å²) in [4.78, 5) is 14.2. The molecule has 0 aliphatic rings. The van der Waals surface area contributed by atoms with Crippen molar-refractivity contribution < 1.29 is 0 Å². The van der Waals surface area contributed by atoms with Crippen LogP contribution in [0.15, 0.2) is 71.7 Å². The lowest BCUT2D eigenvalue weighted by atomic mass is 10.1. The number of aromatic amines is 1. The molecule has 116 valence electrons. The maximum Gasteiger partial charge on any atom is 0.289 e. The van der Waals surface area contributed by atoms with E-state index in [1.54, 1.807) is 0 Å². The summed E-state index contributed by atoms with van der Waals surface area (Å²) in [5.41, 5.74) is 2.37. The van der Waals surface area contributed by atoms with Gasteiger partial charge in [0.1, 0.15) is 5.69 Å². The van der Waals surface area contributed by atoms with Crippen molar-refractivity contribution in [2.45, 2.75) is 13.1 Å².